The number of rotatable bonds is 3. The molecule has 0 bridgehead atoms. The van der Waals surface area contributed by atoms with Gasteiger partial charge in [-0.05, 0) is 24.1 Å². The van der Waals surface area contributed by atoms with Gasteiger partial charge in [-0.1, -0.05) is 19.1 Å². The number of fused-ring (bicyclic) bond motifs is 1. The number of nitrogen functional groups attached to an aromatic ring is 1. The van der Waals surface area contributed by atoms with E-state index in [0.717, 1.165) is 6.42 Å². The lowest BCUT2D eigenvalue weighted by Gasteiger charge is -2.09. The number of hydrogen-bond donors (Lipinski definition) is 2. The lowest BCUT2D eigenvalue weighted by atomic mass is 10.2. The molecule has 3 rings (SSSR count). The molecule has 20 heavy (non-hydrogen) atoms. The van der Waals surface area contributed by atoms with Gasteiger partial charge in [-0.15, -0.1) is 0 Å². The molecule has 0 spiro atoms. The first-order valence-electron chi connectivity index (χ1n) is 6.35. The first-order valence-corrected chi connectivity index (χ1v) is 6.35. The molecular weight excluding hydrogens is 256 g/mol. The second-order valence-corrected chi connectivity index (χ2v) is 4.50. The Bertz CT molecular complexity index is 817. The van der Waals surface area contributed by atoms with Gasteiger partial charge >= 0.3 is 5.76 Å². The van der Waals surface area contributed by atoms with Crippen LogP contribution in [0.4, 0.5) is 5.69 Å². The normalized spacial score (nSPS) is 10.8. The van der Waals surface area contributed by atoms with Crippen molar-refractivity contribution < 1.29 is 9.15 Å². The number of benzene rings is 2. The fourth-order valence-corrected chi connectivity index (χ4v) is 2.04. The highest BCUT2D eigenvalue weighted by molar-refractivity contribution is 5.80. The largest absolute Gasteiger partial charge is 0.455 e. The van der Waals surface area contributed by atoms with Crippen LogP contribution in [0.15, 0.2) is 45.6 Å². The zero-order valence-corrected chi connectivity index (χ0v) is 11.0. The maximum atomic E-state index is 11.1. The molecule has 102 valence electrons. The summed E-state index contributed by atoms with van der Waals surface area (Å²) >= 11 is 0. The summed E-state index contributed by atoms with van der Waals surface area (Å²) in [6, 6.07) is 11.0. The summed E-state index contributed by atoms with van der Waals surface area (Å²) in [5.74, 6) is 0.688. The van der Waals surface area contributed by atoms with Gasteiger partial charge in [0.05, 0.1) is 11.2 Å². The van der Waals surface area contributed by atoms with Crippen LogP contribution in [0.3, 0.4) is 0 Å². The highest BCUT2D eigenvalue weighted by Crippen LogP contribution is 2.31. The van der Waals surface area contributed by atoms with Crippen LogP contribution in [0.1, 0.15) is 12.5 Å². The quantitative estimate of drug-likeness (QED) is 0.717. The van der Waals surface area contributed by atoms with Gasteiger partial charge in [0, 0.05) is 12.1 Å². The molecule has 2 aromatic carbocycles. The molecule has 3 N–H and O–H groups in total. The third-order valence-electron chi connectivity index (χ3n) is 3.09. The Morgan fingerprint density at radius 2 is 2.15 bits per heavy atom. The molecule has 0 saturated heterocycles. The van der Waals surface area contributed by atoms with Gasteiger partial charge in [-0.2, -0.15) is 0 Å². The van der Waals surface area contributed by atoms with Crippen molar-refractivity contribution in [1.29, 1.82) is 0 Å². The number of nitrogens with one attached hydrogen (secondary N) is 1. The average molecular weight is 270 g/mol. The van der Waals surface area contributed by atoms with Crippen molar-refractivity contribution in [3.8, 4) is 11.5 Å². The predicted octanol–water partition coefficient (Wildman–Crippen LogP) is 3.06. The van der Waals surface area contributed by atoms with Gasteiger partial charge in [0.25, 0.3) is 0 Å². The van der Waals surface area contributed by atoms with Crippen LogP contribution in [0.25, 0.3) is 11.1 Å². The van der Waals surface area contributed by atoms with Crippen LogP contribution in [0.5, 0.6) is 11.5 Å². The van der Waals surface area contributed by atoms with E-state index in [1.54, 1.807) is 12.1 Å². The molecule has 1 heterocycles. The van der Waals surface area contributed by atoms with E-state index in [2.05, 4.69) is 11.9 Å². The summed E-state index contributed by atoms with van der Waals surface area (Å²) in [5, 5.41) is 0. The molecule has 5 nitrogen and oxygen atoms in total. The summed E-state index contributed by atoms with van der Waals surface area (Å²) in [6.07, 6.45) is 0.931. The maximum Gasteiger partial charge on any atom is 0.417 e. The number of anilines is 1. The van der Waals surface area contributed by atoms with Gasteiger partial charge < -0.3 is 14.9 Å². The standard InChI is InChI=1S/C15H14N2O3/c1-2-9-4-3-5-10(6-9)19-13-8-12-14(7-11(13)16)20-15(18)17-12/h3-8H,2,16H2,1H3,(H,17,18). The number of aromatic nitrogens is 1. The van der Waals surface area contributed by atoms with Crippen molar-refractivity contribution in [1.82, 2.24) is 4.98 Å². The number of nitrogens with two attached hydrogens (primary N) is 1. The van der Waals surface area contributed by atoms with E-state index in [9.17, 15) is 4.79 Å². The first-order chi connectivity index (χ1) is 9.65. The first kappa shape index (κ1) is 12.3. The Labute approximate surface area is 115 Å². The molecule has 0 aliphatic heterocycles. The molecule has 0 fully saturated rings. The number of oxazole rings is 1. The van der Waals surface area contributed by atoms with Crippen molar-refractivity contribution in [2.24, 2.45) is 0 Å². The molecule has 0 atom stereocenters. The number of hydrogen-bond acceptors (Lipinski definition) is 4. The molecule has 0 amide bonds. The monoisotopic (exact) mass is 270 g/mol. The third-order valence-corrected chi connectivity index (χ3v) is 3.09. The van der Waals surface area contributed by atoms with Crippen LogP contribution in [-0.4, -0.2) is 4.98 Å². The zero-order chi connectivity index (χ0) is 14.1. The smallest absolute Gasteiger partial charge is 0.417 e. The Morgan fingerprint density at radius 1 is 1.30 bits per heavy atom. The van der Waals surface area contributed by atoms with Gasteiger partial charge in [0.15, 0.2) is 11.3 Å². The summed E-state index contributed by atoms with van der Waals surface area (Å²) in [5.41, 5.74) is 8.49. The van der Waals surface area contributed by atoms with E-state index in [4.69, 9.17) is 14.9 Å². The number of ether oxygens (including phenoxy) is 1. The topological polar surface area (TPSA) is 81.2 Å². The van der Waals surface area contributed by atoms with E-state index in [1.165, 1.54) is 5.56 Å². The molecule has 0 radical (unpaired) electrons. The Hall–Kier alpha value is -2.69. The molecule has 3 aromatic rings. The molecule has 0 aliphatic carbocycles. The SMILES string of the molecule is CCc1cccc(Oc2cc3[nH]c(=O)oc3cc2N)c1. The summed E-state index contributed by atoms with van der Waals surface area (Å²) in [6.45, 7) is 2.08. The predicted molar refractivity (Wildman–Crippen MR) is 77.1 cm³/mol. The van der Waals surface area contributed by atoms with Crippen LogP contribution < -0.4 is 16.2 Å². The Kier molecular flexibility index (Phi) is 2.95. The van der Waals surface area contributed by atoms with E-state index < -0.39 is 5.76 Å². The molecule has 5 heteroatoms. The number of H-pyrrole nitrogens is 1. The van der Waals surface area contributed by atoms with Gasteiger partial charge in [0.2, 0.25) is 0 Å². The lowest BCUT2D eigenvalue weighted by Crippen LogP contribution is -1.94. The highest BCUT2D eigenvalue weighted by atomic mass is 16.5. The minimum absolute atomic E-state index is 0.419. The van der Waals surface area contributed by atoms with Gasteiger partial charge in [0.1, 0.15) is 5.75 Å². The summed E-state index contributed by atoms with van der Waals surface area (Å²) in [7, 11) is 0. The second-order valence-electron chi connectivity index (χ2n) is 4.50. The lowest BCUT2D eigenvalue weighted by molar-refractivity contribution is 0.484. The van der Waals surface area contributed by atoms with E-state index in [-0.39, 0.29) is 0 Å². The Balaban J connectivity index is 2.00. The van der Waals surface area contributed by atoms with Crippen molar-refractivity contribution in [2.45, 2.75) is 13.3 Å². The van der Waals surface area contributed by atoms with E-state index in [0.29, 0.717) is 28.3 Å². The molecule has 0 unspecified atom stereocenters. The van der Waals surface area contributed by atoms with E-state index in [1.807, 2.05) is 24.3 Å². The molecular formula is C15H14N2O3. The second kappa shape index (κ2) is 4.77. The fourth-order valence-electron chi connectivity index (χ4n) is 2.04. The van der Waals surface area contributed by atoms with Crippen molar-refractivity contribution in [2.75, 3.05) is 5.73 Å². The van der Waals surface area contributed by atoms with Crippen LogP contribution >= 0.6 is 0 Å². The van der Waals surface area contributed by atoms with E-state index >= 15 is 0 Å². The molecule has 0 saturated carbocycles. The van der Waals surface area contributed by atoms with Crippen molar-refractivity contribution in [3.05, 3.63) is 52.5 Å². The highest BCUT2D eigenvalue weighted by Gasteiger charge is 2.09. The number of aromatic amines is 1. The van der Waals surface area contributed by atoms with Gasteiger partial charge in [-0.3, -0.25) is 4.98 Å². The Morgan fingerprint density at radius 3 is 2.95 bits per heavy atom. The minimum atomic E-state index is -0.510. The fraction of sp³-hybridized carbons (Fsp3) is 0.133. The maximum absolute atomic E-state index is 11.1. The summed E-state index contributed by atoms with van der Waals surface area (Å²) < 4.78 is 10.7. The van der Waals surface area contributed by atoms with Crippen molar-refractivity contribution >= 4 is 16.8 Å². The number of aryl methyl sites for hydroxylation is 1. The van der Waals surface area contributed by atoms with Crippen LogP contribution in [-0.2, 0) is 6.42 Å². The zero-order valence-electron chi connectivity index (χ0n) is 11.0. The third kappa shape index (κ3) is 2.25. The van der Waals surface area contributed by atoms with Gasteiger partial charge in [-0.25, -0.2) is 4.79 Å². The van der Waals surface area contributed by atoms with Crippen LogP contribution in [0.2, 0.25) is 0 Å². The van der Waals surface area contributed by atoms with Crippen LogP contribution in [0, 0.1) is 0 Å². The summed E-state index contributed by atoms with van der Waals surface area (Å²) in [4.78, 5) is 13.7. The van der Waals surface area contributed by atoms with Crippen molar-refractivity contribution in [3.63, 3.8) is 0 Å². The average Bonchev–Trinajstić information content (AvgIpc) is 2.78. The molecule has 0 aliphatic rings. The minimum Gasteiger partial charge on any atom is -0.455 e. The molecule has 1 aromatic heterocycles.